The molecular weight excluding hydrogens is 352 g/mol. The third-order valence-electron chi connectivity index (χ3n) is 4.09. The summed E-state index contributed by atoms with van der Waals surface area (Å²) in [7, 11) is -3.18. The number of ether oxygens (including phenoxy) is 1. The quantitative estimate of drug-likeness (QED) is 0.834. The molecule has 0 aliphatic carbocycles. The molecule has 1 aromatic heterocycles. The molecule has 140 valence electrons. The lowest BCUT2D eigenvalue weighted by molar-refractivity contribution is 0.232. The normalized spacial score (nSPS) is 17.3. The molecule has 7 nitrogen and oxygen atoms in total. The molecule has 1 saturated heterocycles. The molecule has 0 saturated carbocycles. The second-order valence-electron chi connectivity index (χ2n) is 6.61. The molecule has 0 spiro atoms. The van der Waals surface area contributed by atoms with Crippen LogP contribution in [-0.2, 0) is 10.0 Å². The van der Waals surface area contributed by atoms with Crippen molar-refractivity contribution in [3.8, 4) is 5.88 Å². The molecule has 1 N–H and O–H groups in total. The van der Waals surface area contributed by atoms with E-state index in [-0.39, 0.29) is 17.9 Å². The van der Waals surface area contributed by atoms with Crippen molar-refractivity contribution in [3.05, 3.63) is 42.2 Å². The Morgan fingerprint density at radius 3 is 2.73 bits per heavy atom. The van der Waals surface area contributed by atoms with Crippen LogP contribution in [-0.4, -0.2) is 36.8 Å². The predicted octanol–water partition coefficient (Wildman–Crippen LogP) is 2.98. The summed E-state index contributed by atoms with van der Waals surface area (Å²) >= 11 is 0. The smallest absolute Gasteiger partial charge is 0.235 e. The monoisotopic (exact) mass is 376 g/mol. The minimum absolute atomic E-state index is 0.0241. The summed E-state index contributed by atoms with van der Waals surface area (Å²) in [6.45, 7) is 6.40. The van der Waals surface area contributed by atoms with Crippen LogP contribution < -0.4 is 14.4 Å². The Kier molecular flexibility index (Phi) is 5.31. The lowest BCUT2D eigenvalue weighted by Gasteiger charge is -2.20. The summed E-state index contributed by atoms with van der Waals surface area (Å²) < 4.78 is 31.3. The number of nitrogens with one attached hydrogen (secondary N) is 1. The SMILES string of the molecule is CC(C)Oc1cncc(NC(C)c2cccc(N3CCCS3(=O)=O)c2)n1. The molecule has 0 amide bonds. The topological polar surface area (TPSA) is 84.4 Å². The molecule has 0 bridgehead atoms. The van der Waals surface area contributed by atoms with Crippen molar-refractivity contribution in [1.82, 2.24) is 9.97 Å². The van der Waals surface area contributed by atoms with Crippen LogP contribution in [0.3, 0.4) is 0 Å². The van der Waals surface area contributed by atoms with Gasteiger partial charge in [-0.2, -0.15) is 4.98 Å². The van der Waals surface area contributed by atoms with E-state index in [1.165, 1.54) is 4.31 Å². The summed E-state index contributed by atoms with van der Waals surface area (Å²) in [6.07, 6.45) is 3.90. The molecule has 0 radical (unpaired) electrons. The van der Waals surface area contributed by atoms with Gasteiger partial charge in [-0.1, -0.05) is 12.1 Å². The Labute approximate surface area is 154 Å². The summed E-state index contributed by atoms with van der Waals surface area (Å²) in [6, 6.07) is 7.51. The van der Waals surface area contributed by atoms with Gasteiger partial charge in [0.2, 0.25) is 15.9 Å². The van der Waals surface area contributed by atoms with E-state index in [0.717, 1.165) is 5.56 Å². The van der Waals surface area contributed by atoms with Crippen LogP contribution in [0.15, 0.2) is 36.7 Å². The number of aromatic nitrogens is 2. The first kappa shape index (κ1) is 18.4. The number of benzene rings is 1. The van der Waals surface area contributed by atoms with Crippen LogP contribution in [0.5, 0.6) is 5.88 Å². The van der Waals surface area contributed by atoms with E-state index in [1.54, 1.807) is 12.4 Å². The molecule has 26 heavy (non-hydrogen) atoms. The van der Waals surface area contributed by atoms with Crippen molar-refractivity contribution in [1.29, 1.82) is 0 Å². The van der Waals surface area contributed by atoms with E-state index in [4.69, 9.17) is 4.74 Å². The fraction of sp³-hybridized carbons (Fsp3) is 0.444. The molecule has 1 atom stereocenters. The molecule has 1 fully saturated rings. The molecule has 1 unspecified atom stereocenters. The third-order valence-corrected chi connectivity index (χ3v) is 5.96. The second-order valence-corrected chi connectivity index (χ2v) is 8.62. The number of hydrogen-bond donors (Lipinski definition) is 1. The minimum atomic E-state index is -3.18. The van der Waals surface area contributed by atoms with Gasteiger partial charge in [-0.25, -0.2) is 8.42 Å². The first-order valence-electron chi connectivity index (χ1n) is 8.71. The summed E-state index contributed by atoms with van der Waals surface area (Å²) in [5, 5.41) is 3.29. The summed E-state index contributed by atoms with van der Waals surface area (Å²) in [5.74, 6) is 1.28. The minimum Gasteiger partial charge on any atom is -0.474 e. The average molecular weight is 376 g/mol. The first-order chi connectivity index (χ1) is 12.3. The Balaban J connectivity index is 1.76. The van der Waals surface area contributed by atoms with Gasteiger partial charge in [0.25, 0.3) is 0 Å². The van der Waals surface area contributed by atoms with Crippen LogP contribution in [0.4, 0.5) is 11.5 Å². The maximum atomic E-state index is 12.1. The van der Waals surface area contributed by atoms with Gasteiger partial charge in [0.1, 0.15) is 5.82 Å². The number of nitrogens with zero attached hydrogens (tertiary/aromatic N) is 3. The first-order valence-corrected chi connectivity index (χ1v) is 10.3. The van der Waals surface area contributed by atoms with Crippen molar-refractivity contribution in [2.24, 2.45) is 0 Å². The zero-order chi connectivity index (χ0) is 18.7. The zero-order valence-corrected chi connectivity index (χ0v) is 16.0. The molecular formula is C18H24N4O3S. The zero-order valence-electron chi connectivity index (χ0n) is 15.2. The van der Waals surface area contributed by atoms with Gasteiger partial charge < -0.3 is 10.1 Å². The highest BCUT2D eigenvalue weighted by molar-refractivity contribution is 7.93. The summed E-state index contributed by atoms with van der Waals surface area (Å²) in [4.78, 5) is 8.55. The van der Waals surface area contributed by atoms with E-state index >= 15 is 0 Å². The highest BCUT2D eigenvalue weighted by atomic mass is 32.2. The van der Waals surface area contributed by atoms with Crippen molar-refractivity contribution in [2.75, 3.05) is 21.9 Å². The number of sulfonamides is 1. The maximum absolute atomic E-state index is 12.1. The van der Waals surface area contributed by atoms with E-state index in [2.05, 4.69) is 15.3 Å². The Morgan fingerprint density at radius 2 is 2.04 bits per heavy atom. The molecule has 3 rings (SSSR count). The van der Waals surface area contributed by atoms with Crippen LogP contribution >= 0.6 is 0 Å². The van der Waals surface area contributed by atoms with Gasteiger partial charge >= 0.3 is 0 Å². The van der Waals surface area contributed by atoms with Gasteiger partial charge in [-0.05, 0) is 44.9 Å². The number of hydrogen-bond acceptors (Lipinski definition) is 6. The molecule has 2 heterocycles. The van der Waals surface area contributed by atoms with Crippen molar-refractivity contribution < 1.29 is 13.2 Å². The van der Waals surface area contributed by atoms with Gasteiger partial charge in [-0.15, -0.1) is 0 Å². The largest absolute Gasteiger partial charge is 0.474 e. The highest BCUT2D eigenvalue weighted by Crippen LogP contribution is 2.28. The second kappa shape index (κ2) is 7.49. The van der Waals surface area contributed by atoms with E-state index in [1.807, 2.05) is 45.0 Å². The van der Waals surface area contributed by atoms with Gasteiger partial charge in [0, 0.05) is 6.54 Å². The van der Waals surface area contributed by atoms with E-state index < -0.39 is 10.0 Å². The predicted molar refractivity (Wildman–Crippen MR) is 102 cm³/mol. The van der Waals surface area contributed by atoms with Gasteiger partial charge in [0.05, 0.1) is 36.0 Å². The Hall–Kier alpha value is -2.35. The van der Waals surface area contributed by atoms with Crippen LogP contribution in [0.2, 0.25) is 0 Å². The fourth-order valence-corrected chi connectivity index (χ4v) is 4.46. The number of rotatable bonds is 6. The van der Waals surface area contributed by atoms with Crippen molar-refractivity contribution in [3.63, 3.8) is 0 Å². The maximum Gasteiger partial charge on any atom is 0.235 e. The lowest BCUT2D eigenvalue weighted by atomic mass is 10.1. The molecule has 2 aromatic rings. The Morgan fingerprint density at radius 1 is 1.23 bits per heavy atom. The summed E-state index contributed by atoms with van der Waals surface area (Å²) in [5.41, 5.74) is 1.68. The van der Waals surface area contributed by atoms with Crippen LogP contribution in [0.25, 0.3) is 0 Å². The van der Waals surface area contributed by atoms with Gasteiger partial charge in [-0.3, -0.25) is 9.29 Å². The van der Waals surface area contributed by atoms with Crippen LogP contribution in [0, 0.1) is 0 Å². The average Bonchev–Trinajstić information content (AvgIpc) is 2.94. The molecule has 1 aliphatic heterocycles. The lowest BCUT2D eigenvalue weighted by Crippen LogP contribution is -2.25. The molecule has 1 aromatic carbocycles. The standard InChI is InChI=1S/C18H24N4O3S/c1-13(2)25-18-12-19-11-17(21-18)20-14(3)15-6-4-7-16(10-15)22-8-5-9-26(22,23)24/h4,6-7,10-14H,5,8-9H2,1-3H3,(H,20,21). The van der Waals surface area contributed by atoms with E-state index in [9.17, 15) is 8.42 Å². The molecule has 8 heteroatoms. The van der Waals surface area contributed by atoms with Crippen molar-refractivity contribution >= 4 is 21.5 Å². The fourth-order valence-electron chi connectivity index (χ4n) is 2.90. The highest BCUT2D eigenvalue weighted by Gasteiger charge is 2.28. The molecule has 1 aliphatic rings. The van der Waals surface area contributed by atoms with E-state index in [0.29, 0.717) is 30.4 Å². The number of anilines is 2. The Bertz CT molecular complexity index is 870. The van der Waals surface area contributed by atoms with Gasteiger partial charge in [0.15, 0.2) is 0 Å². The third kappa shape index (κ3) is 4.24. The van der Waals surface area contributed by atoms with Crippen molar-refractivity contribution in [2.45, 2.75) is 39.3 Å². The van der Waals surface area contributed by atoms with Crippen LogP contribution in [0.1, 0.15) is 38.8 Å².